The van der Waals surface area contributed by atoms with E-state index < -0.39 is 0 Å². The highest BCUT2D eigenvalue weighted by molar-refractivity contribution is 5.76. The molecule has 5 nitrogen and oxygen atoms in total. The number of β-amino-alcohol motifs (C(OH)–C–C–N with tert-alkyl or cyclic N) is 1. The van der Waals surface area contributed by atoms with E-state index in [0.29, 0.717) is 18.4 Å². The molecule has 0 radical (unpaired) electrons. The van der Waals surface area contributed by atoms with Crippen LogP contribution in [-0.4, -0.2) is 83.7 Å². The van der Waals surface area contributed by atoms with Crippen molar-refractivity contribution < 1.29 is 9.90 Å². The van der Waals surface area contributed by atoms with Crippen molar-refractivity contribution >= 4 is 5.91 Å². The second kappa shape index (κ2) is 8.85. The minimum Gasteiger partial charge on any atom is -0.392 e. The van der Waals surface area contributed by atoms with Crippen molar-refractivity contribution in [3.05, 3.63) is 0 Å². The van der Waals surface area contributed by atoms with Gasteiger partial charge in [0.2, 0.25) is 5.91 Å². The molecule has 2 heterocycles. The largest absolute Gasteiger partial charge is 0.392 e. The maximum absolute atomic E-state index is 12.3. The second-order valence-electron chi connectivity index (χ2n) is 6.90. The third kappa shape index (κ3) is 5.21. The molecule has 2 atom stereocenters. The fraction of sp³-hybridized carbons (Fsp3) is 0.941. The van der Waals surface area contributed by atoms with Crippen molar-refractivity contribution in [2.24, 2.45) is 0 Å². The van der Waals surface area contributed by atoms with E-state index >= 15 is 0 Å². The van der Waals surface area contributed by atoms with Gasteiger partial charge in [0, 0.05) is 58.3 Å². The van der Waals surface area contributed by atoms with Crippen LogP contribution >= 0.6 is 0 Å². The number of nitrogens with zero attached hydrogens (tertiary/aromatic N) is 3. The Morgan fingerprint density at radius 3 is 2.55 bits per heavy atom. The molecule has 0 aliphatic carbocycles. The minimum atomic E-state index is -0.263. The first-order chi connectivity index (χ1) is 10.6. The average molecular weight is 311 g/mol. The maximum Gasteiger partial charge on any atom is 0.223 e. The maximum atomic E-state index is 12.3. The second-order valence-corrected chi connectivity index (χ2v) is 6.90. The van der Waals surface area contributed by atoms with Gasteiger partial charge in [-0.1, -0.05) is 6.92 Å². The lowest BCUT2D eigenvalue weighted by molar-refractivity contribution is -0.132. The summed E-state index contributed by atoms with van der Waals surface area (Å²) in [6.07, 6.45) is 5.11. The van der Waals surface area contributed by atoms with Crippen LogP contribution in [0.15, 0.2) is 0 Å². The molecule has 1 N–H and O–H groups in total. The third-order valence-corrected chi connectivity index (χ3v) is 5.01. The van der Waals surface area contributed by atoms with E-state index in [9.17, 15) is 9.90 Å². The average Bonchev–Trinajstić information content (AvgIpc) is 2.54. The topological polar surface area (TPSA) is 47.0 Å². The number of hydrogen-bond donors (Lipinski definition) is 1. The molecule has 0 unspecified atom stereocenters. The number of likely N-dealkylation sites (tertiary alicyclic amines) is 1. The van der Waals surface area contributed by atoms with Crippen molar-refractivity contribution in [1.29, 1.82) is 0 Å². The van der Waals surface area contributed by atoms with E-state index in [-0.39, 0.29) is 6.10 Å². The third-order valence-electron chi connectivity index (χ3n) is 5.01. The molecular weight excluding hydrogens is 278 g/mol. The first kappa shape index (κ1) is 17.7. The van der Waals surface area contributed by atoms with Gasteiger partial charge in [-0.05, 0) is 32.6 Å². The lowest BCUT2D eigenvalue weighted by Gasteiger charge is -2.41. The summed E-state index contributed by atoms with van der Waals surface area (Å²) in [5.41, 5.74) is 0. The van der Waals surface area contributed by atoms with Crippen LogP contribution in [0.4, 0.5) is 0 Å². The summed E-state index contributed by atoms with van der Waals surface area (Å²) < 4.78 is 0. The Labute approximate surface area is 135 Å². The van der Waals surface area contributed by atoms with Crippen LogP contribution in [-0.2, 0) is 4.79 Å². The summed E-state index contributed by atoms with van der Waals surface area (Å²) in [7, 11) is 0. The minimum absolute atomic E-state index is 0.263. The molecule has 128 valence electrons. The lowest BCUT2D eigenvalue weighted by Crippen LogP contribution is -2.54. The van der Waals surface area contributed by atoms with E-state index in [1.807, 2.05) is 11.8 Å². The van der Waals surface area contributed by atoms with Crippen LogP contribution in [0, 0.1) is 0 Å². The van der Waals surface area contributed by atoms with Crippen LogP contribution in [0.5, 0.6) is 0 Å². The highest BCUT2D eigenvalue weighted by atomic mass is 16.3. The fourth-order valence-electron chi connectivity index (χ4n) is 3.68. The quantitative estimate of drug-likeness (QED) is 0.800. The Morgan fingerprint density at radius 2 is 1.91 bits per heavy atom. The summed E-state index contributed by atoms with van der Waals surface area (Å²) in [5.74, 6) is 0.333. The predicted octanol–water partition coefficient (Wildman–Crippen LogP) is 1.17. The van der Waals surface area contributed by atoms with Gasteiger partial charge >= 0.3 is 0 Å². The summed E-state index contributed by atoms with van der Waals surface area (Å²) in [6.45, 7) is 10.7. The van der Waals surface area contributed by atoms with E-state index in [1.54, 1.807) is 0 Å². The van der Waals surface area contributed by atoms with Gasteiger partial charge in [-0.15, -0.1) is 0 Å². The molecule has 2 saturated heterocycles. The number of carbonyl (C=O) groups excluding carboxylic acids is 1. The van der Waals surface area contributed by atoms with Crippen molar-refractivity contribution in [3.8, 4) is 0 Å². The van der Waals surface area contributed by atoms with Gasteiger partial charge < -0.3 is 10.0 Å². The first-order valence-electron chi connectivity index (χ1n) is 9.02. The summed E-state index contributed by atoms with van der Waals surface area (Å²) in [4.78, 5) is 19.1. The molecule has 0 aromatic rings. The molecule has 2 aliphatic heterocycles. The Morgan fingerprint density at radius 1 is 1.18 bits per heavy atom. The van der Waals surface area contributed by atoms with Crippen LogP contribution in [0.2, 0.25) is 0 Å². The number of piperazine rings is 1. The standard InChI is InChI=1S/C17H33N3O2/c1-3-16-14-18(11-12-20(16)13-15(2)21)10-7-17(22)19-8-5-4-6-9-19/h15-16,21H,3-14H2,1-2H3/t15-,16+/m1/s1. The number of aliphatic hydroxyl groups excluding tert-OH is 1. The van der Waals surface area contributed by atoms with E-state index in [4.69, 9.17) is 0 Å². The van der Waals surface area contributed by atoms with Crippen LogP contribution in [0.3, 0.4) is 0 Å². The number of hydrogen-bond acceptors (Lipinski definition) is 4. The molecule has 5 heteroatoms. The van der Waals surface area contributed by atoms with Gasteiger partial charge in [-0.25, -0.2) is 0 Å². The van der Waals surface area contributed by atoms with Crippen molar-refractivity contribution in [2.45, 2.75) is 58.1 Å². The van der Waals surface area contributed by atoms with Crippen molar-refractivity contribution in [3.63, 3.8) is 0 Å². The fourth-order valence-corrected chi connectivity index (χ4v) is 3.68. The van der Waals surface area contributed by atoms with Crippen molar-refractivity contribution in [2.75, 3.05) is 45.8 Å². The molecular formula is C17H33N3O2. The monoisotopic (exact) mass is 311 g/mol. The Balaban J connectivity index is 1.73. The zero-order valence-electron chi connectivity index (χ0n) is 14.3. The Kier molecular flexibility index (Phi) is 7.12. The van der Waals surface area contributed by atoms with E-state index in [2.05, 4.69) is 16.7 Å². The SMILES string of the molecule is CC[C@H]1CN(CCC(=O)N2CCCCC2)CCN1C[C@@H](C)O. The number of aliphatic hydroxyl groups is 1. The van der Waals surface area contributed by atoms with Crippen LogP contribution < -0.4 is 0 Å². The van der Waals surface area contributed by atoms with Crippen LogP contribution in [0.25, 0.3) is 0 Å². The molecule has 0 saturated carbocycles. The molecule has 2 aliphatic rings. The number of carbonyl (C=O) groups is 1. The normalized spacial score (nSPS) is 26.1. The molecule has 0 spiro atoms. The van der Waals surface area contributed by atoms with E-state index in [0.717, 1.165) is 52.2 Å². The van der Waals surface area contributed by atoms with Gasteiger partial charge in [0.25, 0.3) is 0 Å². The molecule has 0 bridgehead atoms. The molecule has 2 fully saturated rings. The lowest BCUT2D eigenvalue weighted by atomic mass is 10.1. The first-order valence-corrected chi connectivity index (χ1v) is 9.02. The smallest absolute Gasteiger partial charge is 0.223 e. The zero-order valence-corrected chi connectivity index (χ0v) is 14.3. The van der Waals surface area contributed by atoms with Gasteiger partial charge in [0.05, 0.1) is 6.10 Å². The van der Waals surface area contributed by atoms with Gasteiger partial charge in [-0.3, -0.25) is 14.6 Å². The van der Waals surface area contributed by atoms with Gasteiger partial charge in [0.1, 0.15) is 0 Å². The summed E-state index contributed by atoms with van der Waals surface area (Å²) in [5, 5.41) is 9.60. The number of amides is 1. The van der Waals surface area contributed by atoms with Gasteiger partial charge in [-0.2, -0.15) is 0 Å². The Hall–Kier alpha value is -0.650. The molecule has 1 amide bonds. The van der Waals surface area contributed by atoms with E-state index in [1.165, 1.54) is 19.3 Å². The molecule has 2 rings (SSSR count). The summed E-state index contributed by atoms with van der Waals surface area (Å²) >= 11 is 0. The Bertz CT molecular complexity index is 343. The zero-order chi connectivity index (χ0) is 15.9. The highest BCUT2D eigenvalue weighted by Crippen LogP contribution is 2.15. The molecule has 0 aromatic heterocycles. The number of piperidine rings is 1. The highest BCUT2D eigenvalue weighted by Gasteiger charge is 2.27. The van der Waals surface area contributed by atoms with Gasteiger partial charge in [0.15, 0.2) is 0 Å². The number of rotatable bonds is 6. The van der Waals surface area contributed by atoms with Crippen molar-refractivity contribution in [1.82, 2.24) is 14.7 Å². The van der Waals surface area contributed by atoms with Crippen LogP contribution in [0.1, 0.15) is 46.0 Å². The molecule has 0 aromatic carbocycles. The summed E-state index contributed by atoms with van der Waals surface area (Å²) in [6, 6.07) is 0.508. The molecule has 22 heavy (non-hydrogen) atoms. The predicted molar refractivity (Wildman–Crippen MR) is 88.8 cm³/mol.